The first-order valence-corrected chi connectivity index (χ1v) is 5.13. The maximum atomic E-state index is 12.0. The van der Waals surface area contributed by atoms with Gasteiger partial charge in [-0.15, -0.1) is 0 Å². The molecule has 4 heteroatoms. The zero-order valence-corrected chi connectivity index (χ0v) is 9.67. The minimum absolute atomic E-state index is 0.178. The number of fused-ring (bicyclic) bond motifs is 1. The van der Waals surface area contributed by atoms with Crippen molar-refractivity contribution in [3.63, 3.8) is 0 Å². The van der Waals surface area contributed by atoms with E-state index >= 15 is 0 Å². The van der Waals surface area contributed by atoms with Gasteiger partial charge >= 0.3 is 0 Å². The molecule has 0 amide bonds. The van der Waals surface area contributed by atoms with Crippen molar-refractivity contribution in [1.82, 2.24) is 4.57 Å². The Kier molecular flexibility index (Phi) is 2.45. The Morgan fingerprint density at radius 1 is 1.44 bits per heavy atom. The molecule has 0 spiro atoms. The second-order valence-corrected chi connectivity index (χ2v) is 4.06. The van der Waals surface area contributed by atoms with Crippen LogP contribution < -0.4 is 5.43 Å². The van der Waals surface area contributed by atoms with Crippen molar-refractivity contribution in [3.05, 3.63) is 44.7 Å². The van der Waals surface area contributed by atoms with Gasteiger partial charge in [0.15, 0.2) is 0 Å². The number of benzene rings is 1. The second kappa shape index (κ2) is 3.66. The van der Waals surface area contributed by atoms with Gasteiger partial charge in [0.1, 0.15) is 11.6 Å². The van der Waals surface area contributed by atoms with Gasteiger partial charge < -0.3 is 4.57 Å². The molecule has 0 radical (unpaired) electrons. The van der Waals surface area contributed by atoms with Gasteiger partial charge in [0.25, 0.3) is 0 Å². The Hall–Kier alpha value is -1.79. The van der Waals surface area contributed by atoms with Crippen molar-refractivity contribution in [1.29, 1.82) is 5.26 Å². The Labute approximate surface area is 97.5 Å². The van der Waals surface area contributed by atoms with Crippen LogP contribution in [0.2, 0.25) is 5.02 Å². The highest BCUT2D eigenvalue weighted by molar-refractivity contribution is 6.31. The van der Waals surface area contributed by atoms with Gasteiger partial charge in [-0.3, -0.25) is 4.79 Å². The molecule has 1 aromatic heterocycles. The van der Waals surface area contributed by atoms with E-state index < -0.39 is 0 Å². The van der Waals surface area contributed by atoms with E-state index in [2.05, 4.69) is 0 Å². The zero-order chi connectivity index (χ0) is 11.9. The minimum Gasteiger partial charge on any atom is -0.346 e. The molecule has 0 N–H and O–H groups in total. The third kappa shape index (κ3) is 1.39. The van der Waals surface area contributed by atoms with Gasteiger partial charge in [0, 0.05) is 23.2 Å². The molecule has 0 saturated heterocycles. The van der Waals surface area contributed by atoms with E-state index in [4.69, 9.17) is 16.9 Å². The van der Waals surface area contributed by atoms with Crippen LogP contribution in [0.5, 0.6) is 0 Å². The van der Waals surface area contributed by atoms with Gasteiger partial charge in [0.05, 0.1) is 5.52 Å². The van der Waals surface area contributed by atoms with Crippen LogP contribution in [0.15, 0.2) is 23.0 Å². The molecule has 0 bridgehead atoms. The first-order valence-electron chi connectivity index (χ1n) is 4.75. The molecule has 0 atom stereocenters. The predicted octanol–water partition coefficient (Wildman–Crippen LogP) is 2.37. The van der Waals surface area contributed by atoms with Crippen LogP contribution in [0.4, 0.5) is 0 Å². The average molecular weight is 233 g/mol. The number of aromatic nitrogens is 1. The summed E-state index contributed by atoms with van der Waals surface area (Å²) in [6, 6.07) is 7.05. The molecule has 1 aromatic carbocycles. The largest absolute Gasteiger partial charge is 0.346 e. The van der Waals surface area contributed by atoms with Crippen LogP contribution >= 0.6 is 11.6 Å². The van der Waals surface area contributed by atoms with Crippen molar-refractivity contribution in [2.75, 3.05) is 0 Å². The summed E-state index contributed by atoms with van der Waals surface area (Å²) in [5, 5.41) is 9.94. The third-order valence-corrected chi connectivity index (χ3v) is 3.00. The lowest BCUT2D eigenvalue weighted by Gasteiger charge is -2.10. The summed E-state index contributed by atoms with van der Waals surface area (Å²) >= 11 is 5.85. The quantitative estimate of drug-likeness (QED) is 0.700. The molecule has 0 aliphatic rings. The lowest BCUT2D eigenvalue weighted by Crippen LogP contribution is -2.15. The van der Waals surface area contributed by atoms with E-state index in [9.17, 15) is 4.79 Å². The summed E-state index contributed by atoms with van der Waals surface area (Å²) < 4.78 is 1.83. The van der Waals surface area contributed by atoms with E-state index in [0.29, 0.717) is 16.1 Å². The molecule has 0 aliphatic heterocycles. The molecule has 1 heterocycles. The number of nitriles is 1. The highest BCUT2D eigenvalue weighted by Crippen LogP contribution is 2.18. The van der Waals surface area contributed by atoms with Gasteiger partial charge in [0.2, 0.25) is 5.43 Å². The van der Waals surface area contributed by atoms with Crippen LogP contribution in [-0.2, 0) is 7.05 Å². The van der Waals surface area contributed by atoms with Crippen molar-refractivity contribution >= 4 is 22.5 Å². The third-order valence-electron chi connectivity index (χ3n) is 2.77. The number of hydrogen-bond acceptors (Lipinski definition) is 2. The fourth-order valence-electron chi connectivity index (χ4n) is 1.76. The average Bonchev–Trinajstić information content (AvgIpc) is 2.27. The summed E-state index contributed by atoms with van der Waals surface area (Å²) in [4.78, 5) is 12.0. The van der Waals surface area contributed by atoms with Crippen molar-refractivity contribution < 1.29 is 0 Å². The van der Waals surface area contributed by atoms with Crippen LogP contribution in [0, 0.1) is 18.3 Å². The molecular weight excluding hydrogens is 224 g/mol. The van der Waals surface area contributed by atoms with Crippen LogP contribution in [-0.4, -0.2) is 4.57 Å². The molecule has 0 aliphatic carbocycles. The molecule has 2 rings (SSSR count). The maximum absolute atomic E-state index is 12.0. The Balaban J connectivity index is 3.10. The second-order valence-electron chi connectivity index (χ2n) is 3.62. The molecule has 0 fully saturated rings. The highest BCUT2D eigenvalue weighted by Gasteiger charge is 2.11. The SMILES string of the molecule is Cc1c(C#N)c(=O)c2cc(Cl)ccc2n1C. The molecular formula is C12H9ClN2O. The van der Waals surface area contributed by atoms with Crippen LogP contribution in [0.25, 0.3) is 10.9 Å². The highest BCUT2D eigenvalue weighted by atomic mass is 35.5. The summed E-state index contributed by atoms with van der Waals surface area (Å²) in [5.74, 6) is 0. The summed E-state index contributed by atoms with van der Waals surface area (Å²) in [5.41, 5.74) is 1.38. The molecule has 0 saturated carbocycles. The van der Waals surface area contributed by atoms with Crippen molar-refractivity contribution in [2.45, 2.75) is 6.92 Å². The standard InChI is InChI=1S/C12H9ClN2O/c1-7-10(6-14)12(16)9-5-8(13)3-4-11(9)15(7)2/h3-5H,1-2H3. The first kappa shape index (κ1) is 10.7. The van der Waals surface area contributed by atoms with Crippen LogP contribution in [0.3, 0.4) is 0 Å². The van der Waals surface area contributed by atoms with Crippen LogP contribution in [0.1, 0.15) is 11.3 Å². The molecule has 16 heavy (non-hydrogen) atoms. The number of halogens is 1. The van der Waals surface area contributed by atoms with E-state index in [1.165, 1.54) is 0 Å². The van der Waals surface area contributed by atoms with Gasteiger partial charge in [-0.1, -0.05) is 11.6 Å². The molecule has 80 valence electrons. The summed E-state index contributed by atoms with van der Waals surface area (Å²) in [7, 11) is 1.83. The monoisotopic (exact) mass is 232 g/mol. The smallest absolute Gasteiger partial charge is 0.207 e. The van der Waals surface area contributed by atoms with Gasteiger partial charge in [-0.25, -0.2) is 0 Å². The van der Waals surface area contributed by atoms with Gasteiger partial charge in [-0.2, -0.15) is 5.26 Å². The molecule has 3 nitrogen and oxygen atoms in total. The molecule has 2 aromatic rings. The fourth-order valence-corrected chi connectivity index (χ4v) is 1.93. The van der Waals surface area contributed by atoms with Crippen molar-refractivity contribution in [2.24, 2.45) is 7.05 Å². The Morgan fingerprint density at radius 2 is 2.12 bits per heavy atom. The Bertz CT molecular complexity index is 680. The summed E-state index contributed by atoms with van der Waals surface area (Å²) in [6.07, 6.45) is 0. The number of hydrogen-bond donors (Lipinski definition) is 0. The topological polar surface area (TPSA) is 45.8 Å². The van der Waals surface area contributed by atoms with E-state index in [1.807, 2.05) is 17.7 Å². The van der Waals surface area contributed by atoms with E-state index in [1.54, 1.807) is 25.1 Å². The fraction of sp³-hybridized carbons (Fsp3) is 0.167. The maximum Gasteiger partial charge on any atom is 0.207 e. The zero-order valence-electron chi connectivity index (χ0n) is 8.91. The minimum atomic E-state index is -0.254. The van der Waals surface area contributed by atoms with E-state index in [-0.39, 0.29) is 11.0 Å². The van der Waals surface area contributed by atoms with Crippen molar-refractivity contribution in [3.8, 4) is 6.07 Å². The van der Waals surface area contributed by atoms with E-state index in [0.717, 1.165) is 5.52 Å². The first-order chi connectivity index (χ1) is 7.56. The Morgan fingerprint density at radius 3 is 2.75 bits per heavy atom. The predicted molar refractivity (Wildman–Crippen MR) is 63.7 cm³/mol. The number of pyridine rings is 1. The lowest BCUT2D eigenvalue weighted by molar-refractivity contribution is 0.892. The summed E-state index contributed by atoms with van der Waals surface area (Å²) in [6.45, 7) is 1.76. The molecule has 0 unspecified atom stereocenters. The lowest BCUT2D eigenvalue weighted by atomic mass is 10.1. The normalized spacial score (nSPS) is 10.4. The number of nitrogens with zero attached hydrogens (tertiary/aromatic N) is 2. The number of rotatable bonds is 0. The van der Waals surface area contributed by atoms with Gasteiger partial charge in [-0.05, 0) is 25.1 Å². The number of aryl methyl sites for hydroxylation is 1.